The molecule has 2 aliphatic rings. The van der Waals surface area contributed by atoms with Gasteiger partial charge < -0.3 is 14.9 Å². The number of carbonyl (C=O) groups excluding carboxylic acids is 1. The van der Waals surface area contributed by atoms with Crippen LogP contribution in [-0.4, -0.2) is 53.7 Å². The summed E-state index contributed by atoms with van der Waals surface area (Å²) in [6.45, 7) is 1.63. The zero-order valence-electron chi connectivity index (χ0n) is 8.42. The van der Waals surface area contributed by atoms with Gasteiger partial charge in [-0.25, -0.2) is 4.79 Å². The highest BCUT2D eigenvalue weighted by Gasteiger charge is 2.45. The fourth-order valence-corrected chi connectivity index (χ4v) is 3.09. The first-order chi connectivity index (χ1) is 7.50. The van der Waals surface area contributed by atoms with Gasteiger partial charge in [0, 0.05) is 4.14 Å². The Kier molecular flexibility index (Phi) is 3.24. The summed E-state index contributed by atoms with van der Waals surface area (Å²) in [6, 6.07) is -0.499. The number of hydrogen-bond acceptors (Lipinski definition) is 5. The van der Waals surface area contributed by atoms with Crippen molar-refractivity contribution in [2.24, 2.45) is 0 Å². The third kappa shape index (κ3) is 1.97. The maximum Gasteiger partial charge on any atom is 0.329 e. The monoisotopic (exact) mass is 341 g/mol. The van der Waals surface area contributed by atoms with Gasteiger partial charge in [0.25, 0.3) is 0 Å². The van der Waals surface area contributed by atoms with Gasteiger partial charge in [-0.1, -0.05) is 0 Å². The van der Waals surface area contributed by atoms with E-state index in [-0.39, 0.29) is 3.84 Å². The maximum atomic E-state index is 11.5. The first-order valence-electron chi connectivity index (χ1n) is 4.67. The summed E-state index contributed by atoms with van der Waals surface area (Å²) in [6.07, 6.45) is -3.49. The lowest BCUT2D eigenvalue weighted by Gasteiger charge is -2.28. The van der Waals surface area contributed by atoms with Gasteiger partial charge in [0.1, 0.15) is 12.2 Å². The lowest BCUT2D eigenvalue weighted by Crippen LogP contribution is -2.52. The molecule has 0 aliphatic carbocycles. The van der Waals surface area contributed by atoms with E-state index < -0.39 is 51.3 Å². The van der Waals surface area contributed by atoms with Crippen molar-refractivity contribution in [1.82, 2.24) is 10.2 Å². The van der Waals surface area contributed by atoms with Crippen molar-refractivity contribution in [3.05, 3.63) is 0 Å². The molecule has 0 spiro atoms. The number of rotatable bonds is 1. The molecule has 0 radical (unpaired) electrons. The van der Waals surface area contributed by atoms with Crippen LogP contribution >= 0.6 is 20.7 Å². The lowest BCUT2D eigenvalue weighted by atomic mass is 10.1. The molecule has 0 aromatic heterocycles. The summed E-state index contributed by atoms with van der Waals surface area (Å²) in [5.41, 5.74) is 0. The van der Waals surface area contributed by atoms with Gasteiger partial charge in [0.2, 0.25) is 0 Å². The molecule has 1 fully saturated rings. The third-order valence-electron chi connectivity index (χ3n) is 2.47. The predicted molar refractivity (Wildman–Crippen MR) is 64.5 cm³/mol. The molecule has 90 valence electrons. The Hall–Kier alpha value is -0.580. The van der Waals surface area contributed by atoms with E-state index in [1.165, 1.54) is 4.90 Å². The largest absolute Gasteiger partial charge is 0.388 e. The molecule has 2 rings (SSSR count). The highest BCUT2D eigenvalue weighted by molar-refractivity contribution is 14.2. The van der Waals surface area contributed by atoms with E-state index in [0.29, 0.717) is 0 Å². The first-order valence-corrected chi connectivity index (χ1v) is 6.99. The average molecular weight is 341 g/mol. The van der Waals surface area contributed by atoms with Crippen LogP contribution in [0, 0.1) is 5.41 Å². The topological polar surface area (TPSA) is 106 Å². The number of urea groups is 1. The minimum atomic E-state index is -1.12. The van der Waals surface area contributed by atoms with E-state index in [2.05, 4.69) is 5.32 Å². The van der Waals surface area contributed by atoms with Crippen molar-refractivity contribution in [2.45, 2.75) is 31.5 Å². The molecule has 16 heavy (non-hydrogen) atoms. The molecule has 8 heteroatoms. The van der Waals surface area contributed by atoms with Crippen LogP contribution < -0.4 is 5.32 Å². The van der Waals surface area contributed by atoms with Gasteiger partial charge in [-0.15, -0.1) is 0 Å². The van der Waals surface area contributed by atoms with Crippen molar-refractivity contribution in [2.75, 3.05) is 0 Å². The zero-order valence-corrected chi connectivity index (χ0v) is 10.6. The Bertz CT molecular complexity index is 361. The number of carbonyl (C=O) groups is 1. The normalized spacial score (nSPS) is 39.6. The van der Waals surface area contributed by atoms with Crippen LogP contribution in [-0.2, 0) is 4.74 Å². The molecule has 4 N–H and O–H groups in total. The summed E-state index contributed by atoms with van der Waals surface area (Å²) in [7, 11) is 0. The van der Waals surface area contributed by atoms with Crippen molar-refractivity contribution in [1.29, 1.82) is 5.41 Å². The van der Waals surface area contributed by atoms with Crippen LogP contribution in [0.1, 0.15) is 6.92 Å². The molecular formula is C8H12IN3O4. The summed E-state index contributed by atoms with van der Waals surface area (Å²) in [5.74, 6) is 0. The molecule has 7 nitrogen and oxygen atoms in total. The van der Waals surface area contributed by atoms with E-state index in [1.807, 2.05) is 0 Å². The highest BCUT2D eigenvalue weighted by Crippen LogP contribution is 2.24. The van der Waals surface area contributed by atoms with Crippen molar-refractivity contribution in [3.8, 4) is 0 Å². The Balaban J connectivity index is 2.17. The van der Waals surface area contributed by atoms with E-state index in [0.717, 1.165) is 0 Å². The van der Waals surface area contributed by atoms with E-state index >= 15 is 0 Å². The second kappa shape index (κ2) is 4.35. The Morgan fingerprint density at radius 1 is 1.56 bits per heavy atom. The number of hydrogen-bond donors (Lipinski definition) is 4. The van der Waals surface area contributed by atoms with Crippen LogP contribution in [0.3, 0.4) is 0 Å². The number of halogens is 1. The number of aliphatic hydroxyl groups is 2. The maximum absolute atomic E-state index is 11.5. The fraction of sp³-hybridized carbons (Fsp3) is 0.625. The van der Waals surface area contributed by atoms with E-state index in [9.17, 15) is 15.0 Å². The van der Waals surface area contributed by atoms with Gasteiger partial charge >= 0.3 is 6.03 Å². The molecule has 2 heterocycles. The van der Waals surface area contributed by atoms with E-state index in [1.54, 1.807) is 11.1 Å². The quantitative estimate of drug-likeness (QED) is 0.368. The van der Waals surface area contributed by atoms with Crippen molar-refractivity contribution in [3.63, 3.8) is 0 Å². The molecule has 0 saturated carbocycles. The number of amides is 2. The molecule has 1 saturated heterocycles. The van der Waals surface area contributed by atoms with Gasteiger partial charge in [0.05, 0.1) is 6.10 Å². The molecule has 0 unspecified atom stereocenters. The Morgan fingerprint density at radius 2 is 2.25 bits per heavy atom. The molecule has 2 amide bonds. The standard InChI is InChI=1S/C8H12IN3O4/c1-3-4(13)5(14)6(16-3)12-2-9-7(10)11-8(12)15/h2-6,13-14H,1H3,(H2,10,11,15)/t3-,4-,5-,6-/m1/s1. The highest BCUT2D eigenvalue weighted by atomic mass is 127. The number of amidine groups is 1. The molecule has 4 atom stereocenters. The molecule has 2 aliphatic heterocycles. The Morgan fingerprint density at radius 3 is 2.75 bits per heavy atom. The van der Waals surface area contributed by atoms with Crippen molar-refractivity contribution >= 4 is 34.7 Å². The van der Waals surface area contributed by atoms with Crippen LogP contribution in [0.4, 0.5) is 4.79 Å². The molecule has 0 aromatic rings. The number of ether oxygens (including phenoxy) is 1. The van der Waals surface area contributed by atoms with E-state index in [4.69, 9.17) is 10.1 Å². The van der Waals surface area contributed by atoms with Gasteiger partial charge in [-0.2, -0.15) is 0 Å². The fourth-order valence-electron chi connectivity index (χ4n) is 1.56. The average Bonchev–Trinajstić information content (AvgIpc) is 2.46. The molecule has 0 aromatic carbocycles. The van der Waals surface area contributed by atoms with Gasteiger partial charge in [0.15, 0.2) is 10.1 Å². The van der Waals surface area contributed by atoms with Gasteiger partial charge in [-0.3, -0.25) is 15.6 Å². The van der Waals surface area contributed by atoms with Crippen LogP contribution in [0.15, 0.2) is 0 Å². The molecule has 0 bridgehead atoms. The Labute approximate surface area is 102 Å². The minimum absolute atomic E-state index is 0.209. The SMILES string of the molecule is C[C@H]1O[C@@H](N2C=IC(=N)NC2=O)[C@H](O)[C@@H]1O. The number of nitrogens with one attached hydrogen (secondary N) is 2. The summed E-state index contributed by atoms with van der Waals surface area (Å²) < 4.78 is 7.10. The second-order valence-electron chi connectivity index (χ2n) is 3.57. The minimum Gasteiger partial charge on any atom is -0.388 e. The van der Waals surface area contributed by atoms with Crippen molar-refractivity contribution < 1.29 is 19.7 Å². The first kappa shape index (κ1) is 11.9. The van der Waals surface area contributed by atoms with Gasteiger partial charge in [-0.05, 0) is 27.7 Å². The van der Waals surface area contributed by atoms with Crippen LogP contribution in [0.5, 0.6) is 0 Å². The lowest BCUT2D eigenvalue weighted by molar-refractivity contribution is -0.0377. The second-order valence-corrected chi connectivity index (χ2v) is 5.83. The smallest absolute Gasteiger partial charge is 0.329 e. The summed E-state index contributed by atoms with van der Waals surface area (Å²) in [4.78, 5) is 12.8. The summed E-state index contributed by atoms with van der Waals surface area (Å²) >= 11 is -0.702. The predicted octanol–water partition coefficient (Wildman–Crippen LogP) is -0.857. The molecular weight excluding hydrogens is 329 g/mol. The third-order valence-corrected chi connectivity index (χ3v) is 4.24. The number of aliphatic hydroxyl groups excluding tert-OH is 2. The van der Waals surface area contributed by atoms with Crippen LogP contribution in [0.2, 0.25) is 0 Å². The zero-order chi connectivity index (χ0) is 11.9. The number of nitrogens with zero attached hydrogens (tertiary/aromatic N) is 1. The van der Waals surface area contributed by atoms with Crippen LogP contribution in [0.25, 0.3) is 0 Å². The summed E-state index contributed by atoms with van der Waals surface area (Å²) in [5, 5.41) is 28.9.